The van der Waals surface area contributed by atoms with E-state index in [1.165, 1.54) is 12.1 Å². The molecule has 19 heavy (non-hydrogen) atoms. The number of carboxylic acids is 1. The molecule has 1 amide bonds. The number of rotatable bonds is 4. The van der Waals surface area contributed by atoms with Crippen molar-refractivity contribution in [1.29, 1.82) is 0 Å². The van der Waals surface area contributed by atoms with Gasteiger partial charge in [0, 0.05) is 0 Å². The van der Waals surface area contributed by atoms with Gasteiger partial charge in [0.15, 0.2) is 0 Å². The number of carbonyl (C=O) groups is 2. The number of hydrogen-bond acceptors (Lipinski definition) is 3. The molecule has 0 aliphatic rings. The van der Waals surface area contributed by atoms with Crippen LogP contribution in [0.25, 0.3) is 0 Å². The highest BCUT2D eigenvalue weighted by Crippen LogP contribution is 2.31. The molecule has 0 radical (unpaired) electrons. The zero-order valence-corrected chi connectivity index (χ0v) is 11.5. The Bertz CT molecular complexity index is 506. The molecular formula is C14H19NO4. The number of benzene rings is 1. The lowest BCUT2D eigenvalue weighted by Crippen LogP contribution is -2.56. The lowest BCUT2D eigenvalue weighted by Gasteiger charge is -2.38. The van der Waals surface area contributed by atoms with Gasteiger partial charge in [0.25, 0.3) is 5.91 Å². The highest BCUT2D eigenvalue weighted by atomic mass is 16.4. The molecule has 0 aliphatic carbocycles. The fourth-order valence-electron chi connectivity index (χ4n) is 1.44. The van der Waals surface area contributed by atoms with Crippen molar-refractivity contribution in [2.45, 2.75) is 33.2 Å². The molecule has 1 aromatic carbocycles. The van der Waals surface area contributed by atoms with E-state index in [-0.39, 0.29) is 11.3 Å². The van der Waals surface area contributed by atoms with Gasteiger partial charge in [-0.1, -0.05) is 12.1 Å². The molecular weight excluding hydrogens is 246 g/mol. The smallest absolute Gasteiger partial charge is 0.311 e. The summed E-state index contributed by atoms with van der Waals surface area (Å²) >= 11 is 0. The number of nitrogens with one attached hydrogen (secondary N) is 1. The van der Waals surface area contributed by atoms with Crippen LogP contribution in [-0.2, 0) is 4.79 Å². The average molecular weight is 265 g/mol. The van der Waals surface area contributed by atoms with Crippen LogP contribution in [0.1, 0.15) is 38.1 Å². The number of hydrogen-bond donors (Lipinski definition) is 3. The second kappa shape index (κ2) is 4.91. The summed E-state index contributed by atoms with van der Waals surface area (Å²) in [5.41, 5.74) is -2.00. The molecule has 0 spiro atoms. The van der Waals surface area contributed by atoms with E-state index in [1.807, 2.05) is 0 Å². The quantitative estimate of drug-likeness (QED) is 0.777. The summed E-state index contributed by atoms with van der Waals surface area (Å²) in [5.74, 6) is -1.64. The predicted molar refractivity (Wildman–Crippen MR) is 71.1 cm³/mol. The molecule has 5 nitrogen and oxygen atoms in total. The maximum Gasteiger partial charge on any atom is 0.311 e. The highest BCUT2D eigenvalue weighted by Gasteiger charge is 2.44. The molecule has 1 rings (SSSR count). The Labute approximate surface area is 112 Å². The SMILES string of the molecule is CC(C)(NC(=O)c1ccccc1O)C(C)(C)C(=O)O. The van der Waals surface area contributed by atoms with Crippen molar-refractivity contribution in [3.63, 3.8) is 0 Å². The predicted octanol–water partition coefficient (Wildman–Crippen LogP) is 2.01. The number of carboxylic acid groups (broad SMARTS) is 1. The molecule has 0 saturated carbocycles. The zero-order chi connectivity index (χ0) is 14.8. The van der Waals surface area contributed by atoms with E-state index in [2.05, 4.69) is 5.32 Å². The summed E-state index contributed by atoms with van der Waals surface area (Å²) in [6.45, 7) is 6.36. The monoisotopic (exact) mass is 265 g/mol. The summed E-state index contributed by atoms with van der Waals surface area (Å²) in [6.07, 6.45) is 0. The second-order valence-corrected chi connectivity index (χ2v) is 5.53. The number of para-hydroxylation sites is 1. The van der Waals surface area contributed by atoms with Crippen molar-refractivity contribution in [3.05, 3.63) is 29.8 Å². The van der Waals surface area contributed by atoms with Gasteiger partial charge in [-0.05, 0) is 39.8 Å². The van der Waals surface area contributed by atoms with E-state index < -0.39 is 22.8 Å². The maximum absolute atomic E-state index is 12.1. The fraction of sp³-hybridized carbons (Fsp3) is 0.429. The van der Waals surface area contributed by atoms with E-state index in [4.69, 9.17) is 0 Å². The van der Waals surface area contributed by atoms with Crippen LogP contribution >= 0.6 is 0 Å². The molecule has 104 valence electrons. The maximum atomic E-state index is 12.1. The first-order chi connectivity index (χ1) is 8.59. The van der Waals surface area contributed by atoms with Crippen molar-refractivity contribution in [2.75, 3.05) is 0 Å². The van der Waals surface area contributed by atoms with Crippen LogP contribution in [0.5, 0.6) is 5.75 Å². The molecule has 0 aromatic heterocycles. The Hall–Kier alpha value is -2.04. The number of phenolic OH excluding ortho intramolecular Hbond substituents is 1. The van der Waals surface area contributed by atoms with Gasteiger partial charge < -0.3 is 15.5 Å². The fourth-order valence-corrected chi connectivity index (χ4v) is 1.44. The Morgan fingerprint density at radius 2 is 1.63 bits per heavy atom. The first kappa shape index (κ1) is 15.0. The third-order valence-corrected chi connectivity index (χ3v) is 3.67. The highest BCUT2D eigenvalue weighted by molar-refractivity contribution is 5.97. The van der Waals surface area contributed by atoms with Crippen molar-refractivity contribution < 1.29 is 19.8 Å². The molecule has 0 unspecified atom stereocenters. The van der Waals surface area contributed by atoms with E-state index in [0.717, 1.165) is 0 Å². The third-order valence-electron chi connectivity index (χ3n) is 3.67. The summed E-state index contributed by atoms with van der Waals surface area (Å²) in [5, 5.41) is 21.5. The lowest BCUT2D eigenvalue weighted by molar-refractivity contribution is -0.150. The first-order valence-electron chi connectivity index (χ1n) is 5.93. The molecule has 0 atom stereocenters. The van der Waals surface area contributed by atoms with Crippen molar-refractivity contribution in [1.82, 2.24) is 5.32 Å². The summed E-state index contributed by atoms with van der Waals surface area (Å²) in [4.78, 5) is 23.3. The molecule has 0 fully saturated rings. The van der Waals surface area contributed by atoms with Crippen LogP contribution in [0.4, 0.5) is 0 Å². The summed E-state index contributed by atoms with van der Waals surface area (Å²) in [6, 6.07) is 6.13. The minimum absolute atomic E-state index is 0.122. The number of carbonyl (C=O) groups excluding carboxylic acids is 1. The topological polar surface area (TPSA) is 86.6 Å². The summed E-state index contributed by atoms with van der Waals surface area (Å²) in [7, 11) is 0. The van der Waals surface area contributed by atoms with Gasteiger partial charge in [-0.25, -0.2) is 0 Å². The molecule has 1 aromatic rings. The number of aliphatic carboxylic acids is 1. The zero-order valence-electron chi connectivity index (χ0n) is 11.5. The molecule has 5 heteroatoms. The Balaban J connectivity index is 3.00. The number of aromatic hydroxyl groups is 1. The average Bonchev–Trinajstić information content (AvgIpc) is 2.28. The van der Waals surface area contributed by atoms with Gasteiger partial charge in [-0.2, -0.15) is 0 Å². The number of phenols is 1. The van der Waals surface area contributed by atoms with Crippen LogP contribution in [0.15, 0.2) is 24.3 Å². The van der Waals surface area contributed by atoms with E-state index in [9.17, 15) is 19.8 Å². The van der Waals surface area contributed by atoms with Crippen LogP contribution in [-0.4, -0.2) is 27.6 Å². The third kappa shape index (κ3) is 2.86. The molecule has 0 heterocycles. The Kier molecular flexibility index (Phi) is 3.88. The van der Waals surface area contributed by atoms with Crippen LogP contribution < -0.4 is 5.32 Å². The molecule has 0 aliphatic heterocycles. The minimum Gasteiger partial charge on any atom is -0.507 e. The first-order valence-corrected chi connectivity index (χ1v) is 5.93. The van der Waals surface area contributed by atoms with Crippen molar-refractivity contribution >= 4 is 11.9 Å². The Morgan fingerprint density at radius 1 is 1.11 bits per heavy atom. The second-order valence-electron chi connectivity index (χ2n) is 5.53. The van der Waals surface area contributed by atoms with Gasteiger partial charge in [0.2, 0.25) is 0 Å². The largest absolute Gasteiger partial charge is 0.507 e. The Morgan fingerprint density at radius 3 is 2.11 bits per heavy atom. The van der Waals surface area contributed by atoms with Crippen molar-refractivity contribution in [2.24, 2.45) is 5.41 Å². The van der Waals surface area contributed by atoms with Gasteiger partial charge in [0.05, 0.1) is 16.5 Å². The standard InChI is InChI=1S/C14H19NO4/c1-13(2,12(18)19)14(3,4)15-11(17)9-7-5-6-8-10(9)16/h5-8,16H,1-4H3,(H,15,17)(H,18,19). The van der Waals surface area contributed by atoms with Gasteiger partial charge in [0.1, 0.15) is 5.75 Å². The van der Waals surface area contributed by atoms with Crippen molar-refractivity contribution in [3.8, 4) is 5.75 Å². The van der Waals surface area contributed by atoms with Crippen LogP contribution in [0.3, 0.4) is 0 Å². The molecule has 3 N–H and O–H groups in total. The molecule has 0 saturated heterocycles. The van der Waals surface area contributed by atoms with E-state index in [0.29, 0.717) is 0 Å². The van der Waals surface area contributed by atoms with E-state index >= 15 is 0 Å². The normalized spacial score (nSPS) is 12.0. The minimum atomic E-state index is -1.15. The van der Waals surface area contributed by atoms with Gasteiger partial charge >= 0.3 is 5.97 Å². The lowest BCUT2D eigenvalue weighted by atomic mass is 9.74. The van der Waals surface area contributed by atoms with Crippen LogP contribution in [0, 0.1) is 5.41 Å². The molecule has 0 bridgehead atoms. The summed E-state index contributed by atoms with van der Waals surface area (Å²) < 4.78 is 0. The van der Waals surface area contributed by atoms with Crippen LogP contribution in [0.2, 0.25) is 0 Å². The van der Waals surface area contributed by atoms with Gasteiger partial charge in [-0.3, -0.25) is 9.59 Å². The number of amides is 1. The van der Waals surface area contributed by atoms with Gasteiger partial charge in [-0.15, -0.1) is 0 Å². The van der Waals surface area contributed by atoms with E-state index in [1.54, 1.807) is 39.8 Å².